The number of fused-ring (bicyclic) bond motifs is 5. The third-order valence-corrected chi connectivity index (χ3v) is 7.96. The summed E-state index contributed by atoms with van der Waals surface area (Å²) in [7, 11) is 0. The summed E-state index contributed by atoms with van der Waals surface area (Å²) in [6.07, 6.45) is 0. The Hall–Kier alpha value is -3.98. The Labute approximate surface area is 233 Å². The molecule has 3 heterocycles. The number of ether oxygens (including phenoxy) is 4. The van der Waals surface area contributed by atoms with Crippen molar-refractivity contribution in [3.8, 4) is 23.0 Å². The number of nitrogens with one attached hydrogen (secondary N) is 2. The Morgan fingerprint density at radius 2 is 1.97 bits per heavy atom. The van der Waals surface area contributed by atoms with Gasteiger partial charge in [-0.25, -0.2) is 0 Å². The van der Waals surface area contributed by atoms with Gasteiger partial charge in [0.1, 0.15) is 5.92 Å². The number of para-hydroxylation sites is 1. The van der Waals surface area contributed by atoms with Crippen molar-refractivity contribution in [3.05, 3.63) is 76.9 Å². The van der Waals surface area contributed by atoms with Crippen LogP contribution >= 0.6 is 12.2 Å². The van der Waals surface area contributed by atoms with Gasteiger partial charge in [0.15, 0.2) is 33.8 Å². The van der Waals surface area contributed by atoms with Crippen molar-refractivity contribution in [2.45, 2.75) is 46.0 Å². The monoisotopic (exact) mass is 545 g/mol. The second-order valence-corrected chi connectivity index (χ2v) is 10.6. The fourth-order valence-electron chi connectivity index (χ4n) is 5.72. The van der Waals surface area contributed by atoms with Crippen LogP contribution in [0.5, 0.6) is 23.0 Å². The van der Waals surface area contributed by atoms with E-state index in [-0.39, 0.29) is 12.7 Å². The third-order valence-electron chi connectivity index (χ3n) is 7.62. The Morgan fingerprint density at radius 1 is 1.15 bits per heavy atom. The van der Waals surface area contributed by atoms with E-state index in [1.54, 1.807) is 0 Å². The van der Waals surface area contributed by atoms with Crippen LogP contribution in [0.3, 0.4) is 0 Å². The maximum absolute atomic E-state index is 14.1. The molecular formula is C30H31N3O5S. The van der Waals surface area contributed by atoms with Gasteiger partial charge in [0.25, 0.3) is 0 Å². The zero-order valence-electron chi connectivity index (χ0n) is 22.4. The molecule has 202 valence electrons. The van der Waals surface area contributed by atoms with Gasteiger partial charge in [-0.2, -0.15) is 0 Å². The normalized spacial score (nSPS) is 22.5. The Bertz CT molecular complexity index is 1480. The molecule has 1 saturated heterocycles. The molecule has 3 aromatic carbocycles. The van der Waals surface area contributed by atoms with Crippen molar-refractivity contribution in [1.82, 2.24) is 10.2 Å². The number of amides is 1. The zero-order valence-corrected chi connectivity index (χ0v) is 23.2. The first-order valence-electron chi connectivity index (χ1n) is 13.1. The van der Waals surface area contributed by atoms with Crippen LogP contribution in [0.4, 0.5) is 5.69 Å². The summed E-state index contributed by atoms with van der Waals surface area (Å²) < 4.78 is 23.8. The molecule has 3 aromatic rings. The summed E-state index contributed by atoms with van der Waals surface area (Å²) in [6, 6.07) is 17.1. The minimum absolute atomic E-state index is 0.160. The second-order valence-electron chi connectivity index (χ2n) is 10.3. The molecule has 3 aliphatic heterocycles. The van der Waals surface area contributed by atoms with Crippen LogP contribution in [0.1, 0.15) is 42.1 Å². The maximum atomic E-state index is 14.1. The maximum Gasteiger partial charge on any atom is 0.236 e. The van der Waals surface area contributed by atoms with Crippen LogP contribution in [0.15, 0.2) is 54.6 Å². The molecule has 6 rings (SSSR count). The molecule has 39 heavy (non-hydrogen) atoms. The molecule has 0 aliphatic carbocycles. The van der Waals surface area contributed by atoms with E-state index in [1.165, 1.54) is 0 Å². The first-order chi connectivity index (χ1) is 18.8. The number of benzene rings is 3. The van der Waals surface area contributed by atoms with Crippen molar-refractivity contribution in [1.29, 1.82) is 0 Å². The number of nitrogens with zero attached hydrogens (tertiary/aromatic N) is 1. The van der Waals surface area contributed by atoms with E-state index >= 15 is 0 Å². The van der Waals surface area contributed by atoms with Crippen molar-refractivity contribution in [2.75, 3.05) is 18.7 Å². The van der Waals surface area contributed by atoms with Crippen LogP contribution in [0, 0.1) is 19.8 Å². The van der Waals surface area contributed by atoms with Gasteiger partial charge in [-0.15, -0.1) is 0 Å². The van der Waals surface area contributed by atoms with Gasteiger partial charge < -0.3 is 34.5 Å². The molecule has 2 bridgehead atoms. The van der Waals surface area contributed by atoms with Gasteiger partial charge in [0.05, 0.1) is 12.6 Å². The number of rotatable bonds is 6. The molecule has 2 N–H and O–H groups in total. The smallest absolute Gasteiger partial charge is 0.236 e. The topological polar surface area (TPSA) is 81.3 Å². The summed E-state index contributed by atoms with van der Waals surface area (Å²) in [4.78, 5) is 16.1. The lowest BCUT2D eigenvalue weighted by Crippen LogP contribution is -2.71. The van der Waals surface area contributed by atoms with Crippen molar-refractivity contribution in [2.24, 2.45) is 5.92 Å². The molecule has 8 nitrogen and oxygen atoms in total. The van der Waals surface area contributed by atoms with Gasteiger partial charge in [-0.3, -0.25) is 4.79 Å². The van der Waals surface area contributed by atoms with Crippen molar-refractivity contribution < 1.29 is 23.7 Å². The summed E-state index contributed by atoms with van der Waals surface area (Å²) >= 11 is 5.89. The van der Waals surface area contributed by atoms with Crippen LogP contribution in [-0.4, -0.2) is 35.0 Å². The predicted molar refractivity (Wildman–Crippen MR) is 151 cm³/mol. The molecule has 9 heteroatoms. The summed E-state index contributed by atoms with van der Waals surface area (Å²) in [6.45, 7) is 8.97. The SMILES string of the molecule is CCOc1cccc2c1O[C@]1(C)[C@@H](C(=O)Nc3ccc(C)cc3C)[C@@H]2NC(=S)N1Cc1ccc2c(c1)OCO2. The second kappa shape index (κ2) is 9.64. The molecule has 3 atom stereocenters. The molecule has 0 unspecified atom stereocenters. The Morgan fingerprint density at radius 3 is 2.77 bits per heavy atom. The molecule has 0 radical (unpaired) electrons. The van der Waals surface area contributed by atoms with E-state index in [0.29, 0.717) is 41.3 Å². The summed E-state index contributed by atoms with van der Waals surface area (Å²) in [5.74, 6) is 1.85. The highest BCUT2D eigenvalue weighted by Crippen LogP contribution is 2.52. The van der Waals surface area contributed by atoms with Crippen LogP contribution in [-0.2, 0) is 11.3 Å². The highest BCUT2D eigenvalue weighted by atomic mass is 32.1. The summed E-state index contributed by atoms with van der Waals surface area (Å²) in [5, 5.41) is 7.14. The van der Waals surface area contributed by atoms with E-state index in [0.717, 1.165) is 27.9 Å². The van der Waals surface area contributed by atoms with E-state index in [9.17, 15) is 4.79 Å². The number of aryl methyl sites for hydroxylation is 2. The van der Waals surface area contributed by atoms with Crippen LogP contribution < -0.4 is 29.6 Å². The fraction of sp³-hybridized carbons (Fsp3) is 0.333. The number of hydrogen-bond donors (Lipinski definition) is 2. The lowest BCUT2D eigenvalue weighted by Gasteiger charge is -2.56. The van der Waals surface area contributed by atoms with E-state index in [2.05, 4.69) is 16.7 Å². The number of carbonyl (C=O) groups excluding carboxylic acids is 1. The third kappa shape index (κ3) is 4.30. The molecule has 1 fully saturated rings. The average Bonchev–Trinajstić information content (AvgIpc) is 3.37. The quantitative estimate of drug-likeness (QED) is 0.408. The minimum atomic E-state index is -1.12. The van der Waals surface area contributed by atoms with Crippen molar-refractivity contribution in [3.63, 3.8) is 0 Å². The first kappa shape index (κ1) is 25.3. The number of anilines is 1. The predicted octanol–water partition coefficient (Wildman–Crippen LogP) is 5.23. The van der Waals surface area contributed by atoms with Gasteiger partial charge >= 0.3 is 0 Å². The Kier molecular flexibility index (Phi) is 6.26. The zero-order chi connectivity index (χ0) is 27.3. The van der Waals surface area contributed by atoms with Gasteiger partial charge in [0, 0.05) is 17.8 Å². The van der Waals surface area contributed by atoms with E-state index < -0.39 is 17.7 Å². The number of thiocarbonyl (C=S) groups is 1. The van der Waals surface area contributed by atoms with Crippen LogP contribution in [0.2, 0.25) is 0 Å². The largest absolute Gasteiger partial charge is 0.490 e. The first-order valence-corrected chi connectivity index (χ1v) is 13.5. The molecule has 0 saturated carbocycles. The number of carbonyl (C=O) groups is 1. The molecular weight excluding hydrogens is 514 g/mol. The average molecular weight is 546 g/mol. The molecule has 1 amide bonds. The van der Waals surface area contributed by atoms with Gasteiger partial charge in [-0.05, 0) is 75.3 Å². The number of hydrogen-bond acceptors (Lipinski definition) is 6. The van der Waals surface area contributed by atoms with Gasteiger partial charge in [-0.1, -0.05) is 35.9 Å². The standard InChI is InChI=1S/C30H31N3O5S/c1-5-35-23-8-6-7-20-26-25(28(34)31-21-11-9-17(2)13-18(21)3)30(4,38-27(20)23)33(29(39)32-26)15-19-10-12-22-24(14-19)37-16-36-22/h6-14,25-26H,5,15-16H2,1-4H3,(H,31,34)(H,32,39)/t25-,26-,30-/m1/s1. The summed E-state index contributed by atoms with van der Waals surface area (Å²) in [5.41, 5.74) is 3.57. The highest BCUT2D eigenvalue weighted by molar-refractivity contribution is 7.80. The Balaban J connectivity index is 1.42. The van der Waals surface area contributed by atoms with Crippen LogP contribution in [0.25, 0.3) is 0 Å². The van der Waals surface area contributed by atoms with E-state index in [4.69, 9.17) is 31.2 Å². The lowest BCUT2D eigenvalue weighted by atomic mass is 9.78. The minimum Gasteiger partial charge on any atom is -0.490 e. The van der Waals surface area contributed by atoms with Crippen molar-refractivity contribution >= 4 is 28.9 Å². The molecule has 3 aliphatic rings. The van der Waals surface area contributed by atoms with Gasteiger partial charge in [0.2, 0.25) is 12.7 Å². The molecule has 0 spiro atoms. The lowest BCUT2D eigenvalue weighted by molar-refractivity contribution is -0.151. The highest BCUT2D eigenvalue weighted by Gasteiger charge is 2.59. The van der Waals surface area contributed by atoms with E-state index in [1.807, 2.05) is 81.1 Å². The molecule has 0 aromatic heterocycles. The fourth-order valence-corrected chi connectivity index (χ4v) is 6.09.